The molecule has 0 unspecified atom stereocenters. The van der Waals surface area contributed by atoms with E-state index in [9.17, 15) is 34.2 Å². The van der Waals surface area contributed by atoms with Gasteiger partial charge in [0, 0.05) is 38.3 Å². The normalized spacial score (nSPS) is 19.1. The fourth-order valence-electron chi connectivity index (χ4n) is 3.42. The first kappa shape index (κ1) is 19.3. The van der Waals surface area contributed by atoms with Crippen LogP contribution in [0.15, 0.2) is 24.3 Å². The van der Waals surface area contributed by atoms with Crippen molar-refractivity contribution in [2.45, 2.75) is 37.9 Å². The van der Waals surface area contributed by atoms with E-state index in [4.69, 9.17) is 0 Å². The number of fused-ring (bicyclic) bond motifs is 2. The molecule has 4 amide bonds. The second kappa shape index (κ2) is 7.67. The van der Waals surface area contributed by atoms with Crippen LogP contribution >= 0.6 is 0 Å². The standard InChI is InChI=1S/C18H19N3O7/c22-14(19-12(17(26)27)8-15(23)24)5-6-20-16(25)13-7-10-3-1-2-4-11(10)9-21(13)18(20)28/h1-4,12-13H,5-9H2,(H,19,22)(H,23,24)(H,26,27)/p-2/t12-,13+/m1/s1. The smallest absolute Gasteiger partial charge is 0.327 e. The minimum atomic E-state index is -1.76. The number of nitrogens with zero attached hydrogens (tertiary/aromatic N) is 2. The summed E-state index contributed by atoms with van der Waals surface area (Å²) in [5.74, 6) is -4.65. The Labute approximate surface area is 159 Å². The van der Waals surface area contributed by atoms with Crippen LogP contribution in [0.4, 0.5) is 4.79 Å². The molecular weight excluding hydrogens is 370 g/mol. The molecule has 0 radical (unpaired) electrons. The largest absolute Gasteiger partial charge is 0.550 e. The first-order chi connectivity index (χ1) is 13.3. The summed E-state index contributed by atoms with van der Waals surface area (Å²) in [6.45, 7) is 0.0599. The summed E-state index contributed by atoms with van der Waals surface area (Å²) < 4.78 is 0. The molecule has 10 nitrogen and oxygen atoms in total. The van der Waals surface area contributed by atoms with Crippen molar-refractivity contribution in [1.29, 1.82) is 0 Å². The summed E-state index contributed by atoms with van der Waals surface area (Å²) >= 11 is 0. The molecule has 0 bridgehead atoms. The number of carbonyl (C=O) groups excluding carboxylic acids is 5. The lowest BCUT2D eigenvalue weighted by Crippen LogP contribution is -2.51. The number of imide groups is 1. The molecule has 3 rings (SSSR count). The summed E-state index contributed by atoms with van der Waals surface area (Å²) in [6.07, 6.45) is -0.909. The van der Waals surface area contributed by atoms with Crippen molar-refractivity contribution in [3.63, 3.8) is 0 Å². The van der Waals surface area contributed by atoms with Crippen LogP contribution in [0.5, 0.6) is 0 Å². The number of hydrogen-bond donors (Lipinski definition) is 1. The van der Waals surface area contributed by atoms with E-state index in [1.54, 1.807) is 0 Å². The van der Waals surface area contributed by atoms with Crippen molar-refractivity contribution in [3.05, 3.63) is 35.4 Å². The number of hydrogen-bond acceptors (Lipinski definition) is 7. The highest BCUT2D eigenvalue weighted by Crippen LogP contribution is 2.29. The van der Waals surface area contributed by atoms with Gasteiger partial charge in [-0.2, -0.15) is 0 Å². The number of amides is 4. The van der Waals surface area contributed by atoms with E-state index in [1.165, 1.54) is 4.90 Å². The number of carboxylic acid groups (broad SMARTS) is 2. The summed E-state index contributed by atoms with van der Waals surface area (Å²) in [5.41, 5.74) is 1.95. The molecule has 148 valence electrons. The molecule has 1 fully saturated rings. The number of nitrogens with one attached hydrogen (secondary N) is 1. The summed E-state index contributed by atoms with van der Waals surface area (Å²) in [7, 11) is 0. The Kier molecular flexibility index (Phi) is 5.30. The van der Waals surface area contributed by atoms with Gasteiger partial charge < -0.3 is 30.0 Å². The highest BCUT2D eigenvalue weighted by molar-refractivity contribution is 6.05. The third kappa shape index (κ3) is 3.80. The molecule has 1 aromatic rings. The maximum Gasteiger partial charge on any atom is 0.327 e. The Morgan fingerprint density at radius 1 is 1.14 bits per heavy atom. The molecule has 0 aliphatic carbocycles. The van der Waals surface area contributed by atoms with Crippen LogP contribution in [-0.2, 0) is 32.1 Å². The van der Waals surface area contributed by atoms with Gasteiger partial charge in [0.05, 0.1) is 12.0 Å². The molecule has 28 heavy (non-hydrogen) atoms. The molecule has 2 aliphatic heterocycles. The van der Waals surface area contributed by atoms with Crippen LogP contribution in [0.1, 0.15) is 24.0 Å². The summed E-state index contributed by atoms with van der Waals surface area (Å²) in [5, 5.41) is 23.4. The third-order valence-electron chi connectivity index (χ3n) is 4.83. The van der Waals surface area contributed by atoms with Crippen LogP contribution in [0.2, 0.25) is 0 Å². The average molecular weight is 387 g/mol. The van der Waals surface area contributed by atoms with E-state index < -0.39 is 48.3 Å². The summed E-state index contributed by atoms with van der Waals surface area (Å²) in [6, 6.07) is 4.61. The predicted octanol–water partition coefficient (Wildman–Crippen LogP) is -2.86. The molecule has 10 heteroatoms. The van der Waals surface area contributed by atoms with Crippen molar-refractivity contribution in [2.24, 2.45) is 0 Å². The lowest BCUT2D eigenvalue weighted by Gasteiger charge is -2.28. The van der Waals surface area contributed by atoms with E-state index in [0.717, 1.165) is 16.0 Å². The molecule has 2 aliphatic rings. The minimum Gasteiger partial charge on any atom is -0.550 e. The third-order valence-corrected chi connectivity index (χ3v) is 4.83. The number of carboxylic acids is 2. The van der Waals surface area contributed by atoms with Crippen LogP contribution in [0.3, 0.4) is 0 Å². The van der Waals surface area contributed by atoms with Gasteiger partial charge in [0.2, 0.25) is 5.91 Å². The van der Waals surface area contributed by atoms with E-state index in [-0.39, 0.29) is 13.0 Å². The van der Waals surface area contributed by atoms with Gasteiger partial charge in [-0.1, -0.05) is 24.3 Å². The number of aliphatic carboxylic acids is 2. The lowest BCUT2D eigenvalue weighted by molar-refractivity contribution is -0.317. The fraction of sp³-hybridized carbons (Fsp3) is 0.389. The molecule has 1 N–H and O–H groups in total. The van der Waals surface area contributed by atoms with E-state index in [1.807, 2.05) is 29.6 Å². The zero-order valence-electron chi connectivity index (χ0n) is 14.8. The Morgan fingerprint density at radius 2 is 1.82 bits per heavy atom. The first-order valence-corrected chi connectivity index (χ1v) is 8.66. The molecule has 0 spiro atoms. The van der Waals surface area contributed by atoms with Gasteiger partial charge in [-0.25, -0.2) is 4.79 Å². The Morgan fingerprint density at radius 3 is 2.46 bits per heavy atom. The number of urea groups is 1. The number of benzene rings is 1. The van der Waals surface area contributed by atoms with Crippen molar-refractivity contribution >= 4 is 29.8 Å². The van der Waals surface area contributed by atoms with Crippen LogP contribution in [-0.4, -0.2) is 58.2 Å². The molecule has 1 saturated heterocycles. The van der Waals surface area contributed by atoms with E-state index in [0.29, 0.717) is 13.0 Å². The maximum absolute atomic E-state index is 12.6. The Bertz CT molecular complexity index is 810. The van der Waals surface area contributed by atoms with Crippen molar-refractivity contribution in [3.8, 4) is 0 Å². The molecular formula is C18H17N3O7-2. The van der Waals surface area contributed by atoms with Gasteiger partial charge in [0.1, 0.15) is 6.04 Å². The van der Waals surface area contributed by atoms with Crippen molar-refractivity contribution < 1.29 is 34.2 Å². The molecule has 2 atom stereocenters. The lowest BCUT2D eigenvalue weighted by atomic mass is 9.95. The quantitative estimate of drug-likeness (QED) is 0.494. The monoisotopic (exact) mass is 387 g/mol. The molecule has 1 aromatic carbocycles. The topological polar surface area (TPSA) is 150 Å². The van der Waals surface area contributed by atoms with Gasteiger partial charge in [-0.3, -0.25) is 14.5 Å². The summed E-state index contributed by atoms with van der Waals surface area (Å²) in [4.78, 5) is 60.9. The highest BCUT2D eigenvalue weighted by Gasteiger charge is 2.46. The second-order valence-corrected chi connectivity index (χ2v) is 6.65. The Hall–Kier alpha value is -3.43. The molecule has 0 saturated carbocycles. The minimum absolute atomic E-state index is 0.238. The molecule has 2 heterocycles. The van der Waals surface area contributed by atoms with Crippen LogP contribution in [0.25, 0.3) is 0 Å². The van der Waals surface area contributed by atoms with Gasteiger partial charge in [0.15, 0.2) is 0 Å². The van der Waals surface area contributed by atoms with E-state index >= 15 is 0 Å². The zero-order valence-corrected chi connectivity index (χ0v) is 14.8. The highest BCUT2D eigenvalue weighted by atomic mass is 16.4. The fourth-order valence-corrected chi connectivity index (χ4v) is 3.42. The Balaban J connectivity index is 1.61. The number of rotatable bonds is 7. The zero-order chi connectivity index (χ0) is 20.4. The second-order valence-electron chi connectivity index (χ2n) is 6.65. The van der Waals surface area contributed by atoms with Crippen LogP contribution in [0, 0.1) is 0 Å². The van der Waals surface area contributed by atoms with E-state index in [2.05, 4.69) is 0 Å². The SMILES string of the molecule is O=C([O-])C[C@@H](NC(=O)CCN1C(=O)[C@@H]2Cc3ccccc3CN2C1=O)C(=O)[O-]. The van der Waals surface area contributed by atoms with Crippen molar-refractivity contribution in [2.75, 3.05) is 6.54 Å². The van der Waals surface area contributed by atoms with Crippen molar-refractivity contribution in [1.82, 2.24) is 15.1 Å². The maximum atomic E-state index is 12.6. The van der Waals surface area contributed by atoms with Crippen LogP contribution < -0.4 is 15.5 Å². The number of carbonyl (C=O) groups is 5. The van der Waals surface area contributed by atoms with Gasteiger partial charge >= 0.3 is 6.03 Å². The molecule has 0 aromatic heterocycles. The first-order valence-electron chi connectivity index (χ1n) is 8.66. The van der Waals surface area contributed by atoms with Gasteiger partial charge in [-0.15, -0.1) is 0 Å². The van der Waals surface area contributed by atoms with Gasteiger partial charge in [-0.05, 0) is 11.1 Å². The predicted molar refractivity (Wildman–Crippen MR) is 87.8 cm³/mol. The van der Waals surface area contributed by atoms with Gasteiger partial charge in [0.25, 0.3) is 5.91 Å². The average Bonchev–Trinajstić information content (AvgIpc) is 2.87.